The number of benzene rings is 1. The van der Waals surface area contributed by atoms with Gasteiger partial charge in [-0.2, -0.15) is 0 Å². The molecule has 10 heteroatoms. The molecule has 0 unspecified atom stereocenters. The fourth-order valence-corrected chi connectivity index (χ4v) is 5.06. The highest BCUT2D eigenvalue weighted by molar-refractivity contribution is 7.18. The van der Waals surface area contributed by atoms with Gasteiger partial charge in [-0.15, -0.1) is 11.3 Å². The summed E-state index contributed by atoms with van der Waals surface area (Å²) in [6.45, 7) is 3.19. The predicted molar refractivity (Wildman–Crippen MR) is 125 cm³/mol. The first-order valence-electron chi connectivity index (χ1n) is 10.3. The number of thiophene rings is 1. The van der Waals surface area contributed by atoms with Gasteiger partial charge in [-0.25, -0.2) is 4.79 Å². The Morgan fingerprint density at radius 1 is 1.19 bits per heavy atom. The quantitative estimate of drug-likeness (QED) is 0.485. The maximum Gasteiger partial charge on any atom is 0.341 e. The van der Waals surface area contributed by atoms with Gasteiger partial charge in [-0.1, -0.05) is 36.0 Å². The van der Waals surface area contributed by atoms with Crippen LogP contribution in [0.5, 0.6) is 5.75 Å². The van der Waals surface area contributed by atoms with Crippen LogP contribution in [0.2, 0.25) is 10.0 Å². The van der Waals surface area contributed by atoms with E-state index in [0.29, 0.717) is 21.2 Å². The zero-order chi connectivity index (χ0) is 23.3. The third-order valence-corrected chi connectivity index (χ3v) is 6.77. The number of anilines is 1. The molecule has 1 aromatic heterocycles. The van der Waals surface area contributed by atoms with Gasteiger partial charge in [0, 0.05) is 11.1 Å². The molecule has 0 saturated heterocycles. The Balaban J connectivity index is 1.76. The van der Waals surface area contributed by atoms with Gasteiger partial charge in [-0.3, -0.25) is 9.59 Å². The number of halogens is 2. The van der Waals surface area contributed by atoms with Crippen molar-refractivity contribution in [1.82, 2.24) is 5.32 Å². The average molecular weight is 499 g/mol. The van der Waals surface area contributed by atoms with Crippen molar-refractivity contribution >= 4 is 57.3 Å². The average Bonchev–Trinajstić information content (AvgIpc) is 3.35. The third kappa shape index (κ3) is 5.94. The SMILES string of the molecule is CCOC(=O)c1c(NC(=O)COc2ccc(Cl)cc2Cl)sc(C(=O)NC2CCCC2)c1C. The van der Waals surface area contributed by atoms with Crippen LogP contribution in [0.3, 0.4) is 0 Å². The molecule has 1 aromatic carbocycles. The van der Waals surface area contributed by atoms with Gasteiger partial charge in [0.2, 0.25) is 0 Å². The van der Waals surface area contributed by atoms with Crippen molar-refractivity contribution < 1.29 is 23.9 Å². The first-order chi connectivity index (χ1) is 15.3. The molecular formula is C22H24Cl2N2O5S. The molecule has 172 valence electrons. The Labute approximate surface area is 200 Å². The summed E-state index contributed by atoms with van der Waals surface area (Å²) in [6.07, 6.45) is 4.05. The van der Waals surface area contributed by atoms with Crippen molar-refractivity contribution in [3.05, 3.63) is 44.2 Å². The molecule has 1 heterocycles. The molecule has 0 radical (unpaired) electrons. The molecule has 7 nitrogen and oxygen atoms in total. The topological polar surface area (TPSA) is 93.7 Å². The highest BCUT2D eigenvalue weighted by atomic mass is 35.5. The van der Waals surface area contributed by atoms with E-state index < -0.39 is 11.9 Å². The summed E-state index contributed by atoms with van der Waals surface area (Å²) in [7, 11) is 0. The number of ether oxygens (including phenoxy) is 2. The summed E-state index contributed by atoms with van der Waals surface area (Å²) in [5, 5.41) is 6.64. The molecule has 0 aliphatic heterocycles. The molecule has 0 bridgehead atoms. The minimum absolute atomic E-state index is 0.130. The summed E-state index contributed by atoms with van der Waals surface area (Å²) < 4.78 is 10.6. The van der Waals surface area contributed by atoms with Gasteiger partial charge in [-0.05, 0) is 50.5 Å². The molecule has 32 heavy (non-hydrogen) atoms. The number of hydrogen-bond donors (Lipinski definition) is 2. The lowest BCUT2D eigenvalue weighted by atomic mass is 10.1. The van der Waals surface area contributed by atoms with E-state index in [1.54, 1.807) is 26.0 Å². The molecule has 0 spiro atoms. The number of rotatable bonds is 8. The zero-order valence-electron chi connectivity index (χ0n) is 17.8. The van der Waals surface area contributed by atoms with Gasteiger partial charge < -0.3 is 20.1 Å². The Hall–Kier alpha value is -2.29. The summed E-state index contributed by atoms with van der Waals surface area (Å²) in [5.41, 5.74) is 0.646. The number of esters is 1. The first kappa shape index (κ1) is 24.4. The van der Waals surface area contributed by atoms with Gasteiger partial charge in [0.1, 0.15) is 10.8 Å². The summed E-state index contributed by atoms with van der Waals surface area (Å²) in [6, 6.07) is 4.79. The molecule has 1 fully saturated rings. The Kier molecular flexibility index (Phi) is 8.39. The van der Waals surface area contributed by atoms with Crippen LogP contribution < -0.4 is 15.4 Å². The summed E-state index contributed by atoms with van der Waals surface area (Å²) in [4.78, 5) is 38.2. The van der Waals surface area contributed by atoms with Crippen LogP contribution in [-0.2, 0) is 9.53 Å². The minimum atomic E-state index is -0.599. The zero-order valence-corrected chi connectivity index (χ0v) is 20.1. The number of nitrogens with one attached hydrogen (secondary N) is 2. The maximum absolute atomic E-state index is 12.8. The Morgan fingerprint density at radius 2 is 1.91 bits per heavy atom. The fraction of sp³-hybridized carbons (Fsp3) is 0.409. The standard InChI is InChI=1S/C22H24Cl2N2O5S/c1-3-30-22(29)18-12(2)19(20(28)25-14-6-4-5-7-14)32-21(18)26-17(27)11-31-16-9-8-13(23)10-15(16)24/h8-10,14H,3-7,11H2,1-2H3,(H,25,28)(H,26,27). The second-order valence-electron chi connectivity index (χ2n) is 7.35. The molecule has 1 saturated carbocycles. The predicted octanol–water partition coefficient (Wildman–Crippen LogP) is 5.23. The third-order valence-electron chi connectivity index (χ3n) is 5.03. The van der Waals surface area contributed by atoms with Crippen molar-refractivity contribution in [2.24, 2.45) is 0 Å². The maximum atomic E-state index is 12.8. The van der Waals surface area contributed by atoms with Crippen LogP contribution in [0.1, 0.15) is 58.2 Å². The summed E-state index contributed by atoms with van der Waals surface area (Å²) in [5.74, 6) is -1.06. The van der Waals surface area contributed by atoms with Crippen LogP contribution >= 0.6 is 34.5 Å². The van der Waals surface area contributed by atoms with Gasteiger partial charge in [0.05, 0.1) is 22.1 Å². The smallest absolute Gasteiger partial charge is 0.341 e. The van der Waals surface area contributed by atoms with Crippen LogP contribution in [0, 0.1) is 6.92 Å². The van der Waals surface area contributed by atoms with Gasteiger partial charge in [0.25, 0.3) is 11.8 Å². The lowest BCUT2D eigenvalue weighted by molar-refractivity contribution is -0.118. The van der Waals surface area contributed by atoms with Crippen molar-refractivity contribution in [3.63, 3.8) is 0 Å². The highest BCUT2D eigenvalue weighted by Crippen LogP contribution is 2.34. The van der Waals surface area contributed by atoms with E-state index in [0.717, 1.165) is 37.0 Å². The second-order valence-corrected chi connectivity index (χ2v) is 9.21. The molecule has 2 aromatic rings. The monoisotopic (exact) mass is 498 g/mol. The molecule has 2 N–H and O–H groups in total. The number of hydrogen-bond acceptors (Lipinski definition) is 6. The normalized spacial score (nSPS) is 13.6. The van der Waals surface area contributed by atoms with Crippen molar-refractivity contribution in [2.75, 3.05) is 18.5 Å². The van der Waals surface area contributed by atoms with Gasteiger partial charge in [0.15, 0.2) is 6.61 Å². The van der Waals surface area contributed by atoms with E-state index in [2.05, 4.69) is 10.6 Å². The number of amides is 2. The van der Waals surface area contributed by atoms with E-state index in [1.807, 2.05) is 0 Å². The molecule has 2 amide bonds. The summed E-state index contributed by atoms with van der Waals surface area (Å²) >= 11 is 13.0. The van der Waals surface area contributed by atoms with Crippen LogP contribution in [0.4, 0.5) is 5.00 Å². The fourth-order valence-electron chi connectivity index (χ4n) is 3.49. The van der Waals surface area contributed by atoms with Crippen LogP contribution in [0.25, 0.3) is 0 Å². The minimum Gasteiger partial charge on any atom is -0.482 e. The van der Waals surface area contributed by atoms with Crippen molar-refractivity contribution in [3.8, 4) is 5.75 Å². The van der Waals surface area contributed by atoms with Crippen molar-refractivity contribution in [2.45, 2.75) is 45.6 Å². The number of carbonyl (C=O) groups excluding carboxylic acids is 3. The molecular weight excluding hydrogens is 475 g/mol. The van der Waals surface area contributed by atoms with E-state index in [1.165, 1.54) is 6.07 Å². The first-order valence-corrected chi connectivity index (χ1v) is 11.9. The van der Waals surface area contributed by atoms with Crippen molar-refractivity contribution in [1.29, 1.82) is 0 Å². The molecule has 1 aliphatic rings. The largest absolute Gasteiger partial charge is 0.482 e. The Morgan fingerprint density at radius 3 is 2.56 bits per heavy atom. The lowest BCUT2D eigenvalue weighted by Crippen LogP contribution is -2.32. The Bertz CT molecular complexity index is 1020. The van der Waals surface area contributed by atoms with E-state index in [4.69, 9.17) is 32.7 Å². The number of carbonyl (C=O) groups is 3. The van der Waals surface area contributed by atoms with E-state index in [-0.39, 0.29) is 40.7 Å². The second kappa shape index (κ2) is 11.0. The molecule has 0 atom stereocenters. The van der Waals surface area contributed by atoms with E-state index >= 15 is 0 Å². The molecule has 3 rings (SSSR count). The van der Waals surface area contributed by atoms with Crippen LogP contribution in [-0.4, -0.2) is 37.0 Å². The highest BCUT2D eigenvalue weighted by Gasteiger charge is 2.28. The van der Waals surface area contributed by atoms with Crippen LogP contribution in [0.15, 0.2) is 18.2 Å². The molecule has 1 aliphatic carbocycles. The lowest BCUT2D eigenvalue weighted by Gasteiger charge is -2.11. The van der Waals surface area contributed by atoms with E-state index in [9.17, 15) is 14.4 Å². The van der Waals surface area contributed by atoms with Gasteiger partial charge >= 0.3 is 5.97 Å².